The van der Waals surface area contributed by atoms with E-state index in [1.165, 1.54) is 25.7 Å². The zero-order valence-electron chi connectivity index (χ0n) is 10.1. The molecule has 5 heteroatoms. The van der Waals surface area contributed by atoms with Crippen molar-refractivity contribution < 1.29 is 0 Å². The third-order valence-electron chi connectivity index (χ3n) is 4.01. The Hall–Kier alpha value is -1.65. The Kier molecular flexibility index (Phi) is 2.46. The van der Waals surface area contributed by atoms with Crippen LogP contribution in [0.3, 0.4) is 0 Å². The normalized spacial score (nSPS) is 17.9. The molecule has 0 atom stereocenters. The molecule has 2 aromatic rings. The molecular weight excluding hydrogens is 214 g/mol. The second-order valence-electron chi connectivity index (χ2n) is 4.90. The maximum Gasteiger partial charge on any atom is 0.203 e. The standard InChI is InChI=1S/C12H17N5/c1-2-12(4-3-5-12)8-14-10-11-16-15-9-17(11)7-6-13-10/h6-7,9H,2-5,8H2,1H3,(H,13,14). The van der Waals surface area contributed by atoms with Crippen molar-refractivity contribution in [2.24, 2.45) is 5.41 Å². The van der Waals surface area contributed by atoms with E-state index in [2.05, 4.69) is 27.4 Å². The highest BCUT2D eigenvalue weighted by Crippen LogP contribution is 2.43. The molecule has 1 aliphatic carbocycles. The Bertz CT molecular complexity index is 509. The van der Waals surface area contributed by atoms with E-state index in [0.717, 1.165) is 18.0 Å². The first kappa shape index (κ1) is 10.5. The fraction of sp³-hybridized carbons (Fsp3) is 0.583. The molecule has 5 nitrogen and oxygen atoms in total. The van der Waals surface area contributed by atoms with Crippen LogP contribution in [-0.2, 0) is 0 Å². The molecule has 0 aromatic carbocycles. The van der Waals surface area contributed by atoms with Gasteiger partial charge in [0.1, 0.15) is 6.33 Å². The van der Waals surface area contributed by atoms with Crippen molar-refractivity contribution >= 4 is 11.5 Å². The van der Waals surface area contributed by atoms with Crippen LogP contribution in [0.4, 0.5) is 5.82 Å². The molecule has 0 bridgehead atoms. The highest BCUT2D eigenvalue weighted by molar-refractivity contribution is 5.61. The first-order chi connectivity index (χ1) is 8.33. The van der Waals surface area contributed by atoms with E-state index in [-0.39, 0.29) is 0 Å². The van der Waals surface area contributed by atoms with E-state index >= 15 is 0 Å². The zero-order valence-corrected chi connectivity index (χ0v) is 10.1. The molecule has 0 unspecified atom stereocenters. The number of aromatic nitrogens is 4. The van der Waals surface area contributed by atoms with E-state index in [0.29, 0.717) is 5.41 Å². The van der Waals surface area contributed by atoms with Gasteiger partial charge in [-0.1, -0.05) is 13.3 Å². The summed E-state index contributed by atoms with van der Waals surface area (Å²) in [5.41, 5.74) is 1.28. The predicted octanol–water partition coefficient (Wildman–Crippen LogP) is 2.12. The Morgan fingerprint density at radius 1 is 1.47 bits per heavy atom. The maximum absolute atomic E-state index is 4.34. The summed E-state index contributed by atoms with van der Waals surface area (Å²) in [6.07, 6.45) is 10.6. The maximum atomic E-state index is 4.34. The monoisotopic (exact) mass is 231 g/mol. The van der Waals surface area contributed by atoms with Crippen LogP contribution in [0.25, 0.3) is 5.65 Å². The van der Waals surface area contributed by atoms with E-state index in [1.54, 1.807) is 12.5 Å². The van der Waals surface area contributed by atoms with Gasteiger partial charge >= 0.3 is 0 Å². The number of fused-ring (bicyclic) bond motifs is 1. The average Bonchev–Trinajstić information content (AvgIpc) is 2.77. The van der Waals surface area contributed by atoms with Gasteiger partial charge in [0.05, 0.1) is 0 Å². The SMILES string of the molecule is CCC1(CNc2nccn3cnnc23)CCC1. The molecule has 2 aromatic heterocycles. The molecule has 1 saturated carbocycles. The van der Waals surface area contributed by atoms with Crippen molar-refractivity contribution in [2.75, 3.05) is 11.9 Å². The van der Waals surface area contributed by atoms with Gasteiger partial charge in [-0.05, 0) is 24.7 Å². The number of hydrogen-bond acceptors (Lipinski definition) is 4. The van der Waals surface area contributed by atoms with Gasteiger partial charge in [0.2, 0.25) is 5.65 Å². The number of nitrogens with one attached hydrogen (secondary N) is 1. The van der Waals surface area contributed by atoms with Crippen LogP contribution < -0.4 is 5.32 Å². The molecule has 0 saturated heterocycles. The molecule has 1 N–H and O–H groups in total. The molecule has 3 rings (SSSR count). The van der Waals surface area contributed by atoms with Gasteiger partial charge in [-0.3, -0.25) is 4.40 Å². The van der Waals surface area contributed by atoms with E-state index in [4.69, 9.17) is 0 Å². The molecule has 0 amide bonds. The minimum atomic E-state index is 0.481. The summed E-state index contributed by atoms with van der Waals surface area (Å²) in [6, 6.07) is 0. The number of hydrogen-bond donors (Lipinski definition) is 1. The molecule has 1 aliphatic rings. The average molecular weight is 231 g/mol. The third-order valence-corrected chi connectivity index (χ3v) is 4.01. The van der Waals surface area contributed by atoms with Gasteiger partial charge in [-0.2, -0.15) is 0 Å². The van der Waals surface area contributed by atoms with E-state index in [1.807, 2.05) is 10.6 Å². The van der Waals surface area contributed by atoms with Gasteiger partial charge in [-0.25, -0.2) is 4.98 Å². The Balaban J connectivity index is 1.78. The van der Waals surface area contributed by atoms with Crippen LogP contribution in [0.15, 0.2) is 18.7 Å². The van der Waals surface area contributed by atoms with Gasteiger partial charge in [0, 0.05) is 18.9 Å². The molecule has 17 heavy (non-hydrogen) atoms. The Morgan fingerprint density at radius 3 is 3.06 bits per heavy atom. The van der Waals surface area contributed by atoms with E-state index < -0.39 is 0 Å². The largest absolute Gasteiger partial charge is 0.366 e. The highest BCUT2D eigenvalue weighted by atomic mass is 15.2. The Labute approximate surface area is 100 Å². The van der Waals surface area contributed by atoms with Crippen LogP contribution >= 0.6 is 0 Å². The van der Waals surface area contributed by atoms with Gasteiger partial charge < -0.3 is 5.32 Å². The topological polar surface area (TPSA) is 55.1 Å². The first-order valence-electron chi connectivity index (χ1n) is 6.21. The third kappa shape index (κ3) is 1.75. The summed E-state index contributed by atoms with van der Waals surface area (Å²) in [6.45, 7) is 3.26. The fourth-order valence-corrected chi connectivity index (χ4v) is 2.49. The molecule has 90 valence electrons. The second-order valence-corrected chi connectivity index (χ2v) is 4.90. The summed E-state index contributed by atoms with van der Waals surface area (Å²) in [5, 5.41) is 11.4. The quantitative estimate of drug-likeness (QED) is 0.875. The van der Waals surface area contributed by atoms with Crippen LogP contribution in [0.1, 0.15) is 32.6 Å². The predicted molar refractivity (Wildman–Crippen MR) is 65.8 cm³/mol. The van der Waals surface area contributed by atoms with Crippen LogP contribution in [-0.4, -0.2) is 26.1 Å². The van der Waals surface area contributed by atoms with Crippen molar-refractivity contribution in [1.82, 2.24) is 19.6 Å². The summed E-state index contributed by atoms with van der Waals surface area (Å²) >= 11 is 0. The lowest BCUT2D eigenvalue weighted by Gasteiger charge is -2.41. The summed E-state index contributed by atoms with van der Waals surface area (Å²) in [7, 11) is 0. The number of anilines is 1. The number of rotatable bonds is 4. The van der Waals surface area contributed by atoms with Crippen LogP contribution in [0.5, 0.6) is 0 Å². The van der Waals surface area contributed by atoms with Crippen molar-refractivity contribution in [3.63, 3.8) is 0 Å². The molecule has 0 radical (unpaired) electrons. The van der Waals surface area contributed by atoms with Crippen molar-refractivity contribution in [3.8, 4) is 0 Å². The van der Waals surface area contributed by atoms with Crippen molar-refractivity contribution in [2.45, 2.75) is 32.6 Å². The minimum absolute atomic E-state index is 0.481. The highest BCUT2D eigenvalue weighted by Gasteiger charge is 2.34. The smallest absolute Gasteiger partial charge is 0.203 e. The molecule has 1 fully saturated rings. The molecule has 2 heterocycles. The second kappa shape index (κ2) is 3.98. The Morgan fingerprint density at radius 2 is 2.35 bits per heavy atom. The molecular formula is C12H17N5. The molecule has 0 aliphatic heterocycles. The lowest BCUT2D eigenvalue weighted by atomic mass is 9.67. The first-order valence-corrected chi connectivity index (χ1v) is 6.21. The zero-order chi connectivity index (χ0) is 11.7. The lowest BCUT2D eigenvalue weighted by Crippen LogP contribution is -2.36. The minimum Gasteiger partial charge on any atom is -0.366 e. The van der Waals surface area contributed by atoms with E-state index in [9.17, 15) is 0 Å². The van der Waals surface area contributed by atoms with Crippen molar-refractivity contribution in [3.05, 3.63) is 18.7 Å². The van der Waals surface area contributed by atoms with Crippen LogP contribution in [0, 0.1) is 5.41 Å². The summed E-state index contributed by atoms with van der Waals surface area (Å²) in [4.78, 5) is 4.34. The fourth-order valence-electron chi connectivity index (χ4n) is 2.49. The molecule has 0 spiro atoms. The van der Waals surface area contributed by atoms with Crippen LogP contribution in [0.2, 0.25) is 0 Å². The van der Waals surface area contributed by atoms with Gasteiger partial charge in [0.15, 0.2) is 5.82 Å². The number of nitrogens with zero attached hydrogens (tertiary/aromatic N) is 4. The van der Waals surface area contributed by atoms with Crippen molar-refractivity contribution in [1.29, 1.82) is 0 Å². The summed E-state index contributed by atoms with van der Waals surface area (Å²) in [5.74, 6) is 0.838. The van der Waals surface area contributed by atoms with Gasteiger partial charge in [-0.15, -0.1) is 10.2 Å². The lowest BCUT2D eigenvalue weighted by molar-refractivity contribution is 0.145. The summed E-state index contributed by atoms with van der Waals surface area (Å²) < 4.78 is 1.88. The van der Waals surface area contributed by atoms with Gasteiger partial charge in [0.25, 0.3) is 0 Å².